The largest absolute Gasteiger partial charge is 0.466 e. The normalized spacial score (nSPS) is 10.4. The van der Waals surface area contributed by atoms with E-state index in [2.05, 4.69) is 0 Å². The van der Waals surface area contributed by atoms with E-state index in [0.717, 1.165) is 19.4 Å². The first-order valence-electron chi connectivity index (χ1n) is 6.09. The molecule has 0 aliphatic heterocycles. The first-order valence-corrected chi connectivity index (χ1v) is 6.09. The highest BCUT2D eigenvalue weighted by molar-refractivity contribution is 5.71. The third kappa shape index (κ3) is 9.81. The molecule has 0 saturated carbocycles. The van der Waals surface area contributed by atoms with Crippen molar-refractivity contribution in [2.45, 2.75) is 33.1 Å². The van der Waals surface area contributed by atoms with Crippen molar-refractivity contribution in [3.63, 3.8) is 0 Å². The molecule has 0 saturated heterocycles. The van der Waals surface area contributed by atoms with Gasteiger partial charge in [-0.2, -0.15) is 0 Å². The van der Waals surface area contributed by atoms with Crippen molar-refractivity contribution in [2.24, 2.45) is 0 Å². The molecule has 0 radical (unpaired) electrons. The van der Waals surface area contributed by atoms with Crippen molar-refractivity contribution >= 4 is 11.9 Å². The maximum Gasteiger partial charge on any atom is 0.320 e. The molecule has 0 heterocycles. The Balaban J connectivity index is 3.47. The summed E-state index contributed by atoms with van der Waals surface area (Å²) in [5, 5.41) is 0. The lowest BCUT2D eigenvalue weighted by atomic mass is 10.2. The number of carbonyl (C=O) groups excluding carboxylic acids is 2. The van der Waals surface area contributed by atoms with Crippen molar-refractivity contribution in [3.8, 4) is 0 Å². The van der Waals surface area contributed by atoms with Crippen LogP contribution in [0.15, 0.2) is 0 Å². The van der Waals surface area contributed by atoms with E-state index < -0.39 is 0 Å². The molecule has 100 valence electrons. The molecular weight excluding hydrogens is 222 g/mol. The molecule has 0 aliphatic carbocycles. The summed E-state index contributed by atoms with van der Waals surface area (Å²) in [7, 11) is 1.86. The van der Waals surface area contributed by atoms with Gasteiger partial charge in [-0.15, -0.1) is 0 Å². The van der Waals surface area contributed by atoms with Crippen molar-refractivity contribution in [1.82, 2.24) is 4.90 Å². The molecular formula is C12H23NO4. The molecule has 0 rings (SSSR count). The number of rotatable bonds is 9. The lowest BCUT2D eigenvalue weighted by molar-refractivity contribution is -0.145. The molecule has 0 aromatic rings. The zero-order valence-corrected chi connectivity index (χ0v) is 11.0. The predicted octanol–water partition coefficient (Wildman–Crippen LogP) is 1.21. The van der Waals surface area contributed by atoms with Crippen LogP contribution in [-0.2, 0) is 19.1 Å². The second kappa shape index (κ2) is 10.1. The number of carbonyl (C=O) groups is 2. The predicted molar refractivity (Wildman–Crippen MR) is 64.6 cm³/mol. The molecule has 0 amide bonds. The number of ether oxygens (including phenoxy) is 2. The van der Waals surface area contributed by atoms with Crippen LogP contribution >= 0.6 is 0 Å². The van der Waals surface area contributed by atoms with Crippen molar-refractivity contribution in [1.29, 1.82) is 0 Å². The summed E-state index contributed by atoms with van der Waals surface area (Å²) in [4.78, 5) is 24.1. The Labute approximate surface area is 103 Å². The summed E-state index contributed by atoms with van der Waals surface area (Å²) in [5.41, 5.74) is 0. The fourth-order valence-electron chi connectivity index (χ4n) is 1.39. The summed E-state index contributed by atoms with van der Waals surface area (Å²) in [6.07, 6.45) is 2.10. The number of unbranched alkanes of at least 4 members (excludes halogenated alkanes) is 1. The second-order valence-corrected chi connectivity index (χ2v) is 3.80. The average Bonchev–Trinajstić information content (AvgIpc) is 2.25. The van der Waals surface area contributed by atoms with Crippen molar-refractivity contribution in [3.05, 3.63) is 0 Å². The molecule has 0 atom stereocenters. The summed E-state index contributed by atoms with van der Waals surface area (Å²) in [6, 6.07) is 0. The van der Waals surface area contributed by atoms with E-state index in [4.69, 9.17) is 9.47 Å². The standard InChI is InChI=1S/C12H23NO4/c1-4-16-11(14)8-6-7-9-13(3)10-12(15)17-5-2/h4-10H2,1-3H3. The molecule has 0 fully saturated rings. The van der Waals surface area contributed by atoms with Crippen LogP contribution < -0.4 is 0 Å². The molecule has 0 aliphatic rings. The summed E-state index contributed by atoms with van der Waals surface area (Å²) >= 11 is 0. The average molecular weight is 245 g/mol. The smallest absolute Gasteiger partial charge is 0.320 e. The third-order valence-electron chi connectivity index (χ3n) is 2.18. The highest BCUT2D eigenvalue weighted by Crippen LogP contribution is 1.99. The monoisotopic (exact) mass is 245 g/mol. The Hall–Kier alpha value is -1.10. The molecule has 0 aromatic heterocycles. The van der Waals surface area contributed by atoms with Crippen LogP contribution in [0.25, 0.3) is 0 Å². The molecule has 17 heavy (non-hydrogen) atoms. The fourth-order valence-corrected chi connectivity index (χ4v) is 1.39. The Morgan fingerprint density at radius 2 is 1.59 bits per heavy atom. The van der Waals surface area contributed by atoms with Gasteiger partial charge in [0.15, 0.2) is 0 Å². The SMILES string of the molecule is CCOC(=O)CCCCN(C)CC(=O)OCC. The Kier molecular flexibility index (Phi) is 9.43. The van der Waals surface area contributed by atoms with Crippen LogP contribution in [0, 0.1) is 0 Å². The minimum Gasteiger partial charge on any atom is -0.466 e. The quantitative estimate of drug-likeness (QED) is 0.451. The van der Waals surface area contributed by atoms with E-state index in [1.165, 1.54) is 0 Å². The second-order valence-electron chi connectivity index (χ2n) is 3.80. The van der Waals surface area contributed by atoms with Gasteiger partial charge in [-0.3, -0.25) is 14.5 Å². The minimum atomic E-state index is -0.208. The van der Waals surface area contributed by atoms with E-state index in [9.17, 15) is 9.59 Å². The van der Waals surface area contributed by atoms with Gasteiger partial charge in [-0.25, -0.2) is 0 Å². The summed E-state index contributed by atoms with van der Waals surface area (Å²) < 4.78 is 9.65. The van der Waals surface area contributed by atoms with E-state index >= 15 is 0 Å². The van der Waals surface area contributed by atoms with E-state index in [0.29, 0.717) is 26.2 Å². The van der Waals surface area contributed by atoms with Gasteiger partial charge in [0.05, 0.1) is 19.8 Å². The Bertz CT molecular complexity index is 231. The Morgan fingerprint density at radius 3 is 2.18 bits per heavy atom. The molecule has 5 heteroatoms. The number of hydrogen-bond acceptors (Lipinski definition) is 5. The van der Waals surface area contributed by atoms with Gasteiger partial charge in [0, 0.05) is 6.42 Å². The minimum absolute atomic E-state index is 0.152. The number of likely N-dealkylation sites (N-methyl/N-ethyl adjacent to an activating group) is 1. The Morgan fingerprint density at radius 1 is 1.00 bits per heavy atom. The number of esters is 2. The zero-order chi connectivity index (χ0) is 13.1. The van der Waals surface area contributed by atoms with Gasteiger partial charge >= 0.3 is 11.9 Å². The van der Waals surface area contributed by atoms with Crippen LogP contribution in [0.4, 0.5) is 0 Å². The highest BCUT2D eigenvalue weighted by atomic mass is 16.5. The number of hydrogen-bond donors (Lipinski definition) is 0. The molecule has 0 unspecified atom stereocenters. The van der Waals surface area contributed by atoms with E-state index in [1.807, 2.05) is 11.9 Å². The van der Waals surface area contributed by atoms with Gasteiger partial charge in [0.1, 0.15) is 0 Å². The van der Waals surface area contributed by atoms with Crippen LogP contribution in [0.3, 0.4) is 0 Å². The molecule has 0 N–H and O–H groups in total. The van der Waals surface area contributed by atoms with Gasteiger partial charge in [-0.1, -0.05) is 0 Å². The summed E-state index contributed by atoms with van der Waals surface area (Å²) in [5.74, 6) is -0.360. The molecule has 0 aromatic carbocycles. The maximum atomic E-state index is 11.1. The van der Waals surface area contributed by atoms with Crippen LogP contribution in [-0.4, -0.2) is 50.2 Å². The molecule has 0 bridgehead atoms. The lowest BCUT2D eigenvalue weighted by Crippen LogP contribution is -2.28. The van der Waals surface area contributed by atoms with Crippen LogP contribution in [0.1, 0.15) is 33.1 Å². The highest BCUT2D eigenvalue weighted by Gasteiger charge is 2.07. The van der Waals surface area contributed by atoms with Gasteiger partial charge in [-0.05, 0) is 40.3 Å². The van der Waals surface area contributed by atoms with Gasteiger partial charge < -0.3 is 9.47 Å². The van der Waals surface area contributed by atoms with Gasteiger partial charge in [0.2, 0.25) is 0 Å². The fraction of sp³-hybridized carbons (Fsp3) is 0.833. The molecule has 0 spiro atoms. The van der Waals surface area contributed by atoms with Crippen molar-refractivity contribution < 1.29 is 19.1 Å². The van der Waals surface area contributed by atoms with E-state index in [1.54, 1.807) is 13.8 Å². The van der Waals surface area contributed by atoms with Crippen molar-refractivity contribution in [2.75, 3.05) is 33.4 Å². The first kappa shape index (κ1) is 15.9. The van der Waals surface area contributed by atoms with Crippen LogP contribution in [0.2, 0.25) is 0 Å². The topological polar surface area (TPSA) is 55.8 Å². The first-order chi connectivity index (χ1) is 8.10. The lowest BCUT2D eigenvalue weighted by Gasteiger charge is -2.14. The van der Waals surface area contributed by atoms with E-state index in [-0.39, 0.29) is 11.9 Å². The summed E-state index contributed by atoms with van der Waals surface area (Å²) in [6.45, 7) is 5.50. The van der Waals surface area contributed by atoms with Crippen LogP contribution in [0.5, 0.6) is 0 Å². The zero-order valence-electron chi connectivity index (χ0n) is 11.0. The third-order valence-corrected chi connectivity index (χ3v) is 2.18. The molecule has 5 nitrogen and oxygen atoms in total. The maximum absolute atomic E-state index is 11.1. The number of nitrogens with zero attached hydrogens (tertiary/aromatic N) is 1. The van der Waals surface area contributed by atoms with Gasteiger partial charge in [0.25, 0.3) is 0 Å².